The van der Waals surface area contributed by atoms with E-state index < -0.39 is 6.10 Å². The summed E-state index contributed by atoms with van der Waals surface area (Å²) in [6, 6.07) is 0. The first-order valence-electron chi connectivity index (χ1n) is 26.5. The zero-order chi connectivity index (χ0) is 43.5. The molecule has 0 saturated heterocycles. The number of ether oxygens (including phenoxy) is 3. The first kappa shape index (κ1) is 58.1. The van der Waals surface area contributed by atoms with Crippen LogP contribution in [0.5, 0.6) is 0 Å². The van der Waals surface area contributed by atoms with Gasteiger partial charge in [0.25, 0.3) is 0 Å². The van der Waals surface area contributed by atoms with E-state index in [-0.39, 0.29) is 25.2 Å². The molecule has 0 bridgehead atoms. The van der Waals surface area contributed by atoms with E-state index in [1.54, 1.807) is 0 Å². The zero-order valence-corrected chi connectivity index (χ0v) is 40.5. The fourth-order valence-electron chi connectivity index (χ4n) is 7.65. The van der Waals surface area contributed by atoms with E-state index in [2.05, 4.69) is 57.2 Å². The van der Waals surface area contributed by atoms with Crippen LogP contribution in [0.4, 0.5) is 0 Å². The highest BCUT2D eigenvalue weighted by atomic mass is 16.6. The van der Waals surface area contributed by atoms with Crippen molar-refractivity contribution in [3.8, 4) is 0 Å². The zero-order valence-electron chi connectivity index (χ0n) is 40.5. The second kappa shape index (κ2) is 51.5. The molecule has 352 valence electrons. The van der Waals surface area contributed by atoms with E-state index in [1.165, 1.54) is 186 Å². The van der Waals surface area contributed by atoms with Gasteiger partial charge in [0.05, 0.1) is 6.61 Å². The van der Waals surface area contributed by atoms with Crippen molar-refractivity contribution in [2.45, 2.75) is 284 Å². The number of esters is 2. The Bertz CT molecular complexity index is 955. The molecular formula is C55H102O5. The summed E-state index contributed by atoms with van der Waals surface area (Å²) in [6.07, 6.45) is 61.5. The van der Waals surface area contributed by atoms with Gasteiger partial charge in [0.15, 0.2) is 6.10 Å². The van der Waals surface area contributed by atoms with Gasteiger partial charge in [-0.3, -0.25) is 9.59 Å². The molecule has 0 aliphatic heterocycles. The molecule has 0 aromatic carbocycles. The van der Waals surface area contributed by atoms with Crippen molar-refractivity contribution in [3.63, 3.8) is 0 Å². The Balaban J connectivity index is 4.27. The third kappa shape index (κ3) is 48.8. The third-order valence-corrected chi connectivity index (χ3v) is 11.6. The van der Waals surface area contributed by atoms with Crippen LogP contribution in [0, 0.1) is 0 Å². The van der Waals surface area contributed by atoms with E-state index in [0.29, 0.717) is 19.4 Å². The van der Waals surface area contributed by atoms with Crippen molar-refractivity contribution in [2.24, 2.45) is 0 Å². The van der Waals surface area contributed by atoms with Crippen molar-refractivity contribution in [3.05, 3.63) is 36.5 Å². The molecule has 0 radical (unpaired) electrons. The molecule has 0 heterocycles. The van der Waals surface area contributed by atoms with E-state index in [4.69, 9.17) is 14.2 Å². The molecule has 0 spiro atoms. The summed E-state index contributed by atoms with van der Waals surface area (Å²) in [7, 11) is 0. The molecule has 0 N–H and O–H groups in total. The molecule has 0 saturated carbocycles. The molecule has 1 unspecified atom stereocenters. The lowest BCUT2D eigenvalue weighted by atomic mass is 10.0. The Morgan fingerprint density at radius 3 is 1.17 bits per heavy atom. The van der Waals surface area contributed by atoms with Gasteiger partial charge in [0.1, 0.15) is 6.61 Å². The molecule has 0 aromatic rings. The Labute approximate surface area is 374 Å². The second-order valence-corrected chi connectivity index (χ2v) is 17.8. The minimum Gasteiger partial charge on any atom is -0.462 e. The summed E-state index contributed by atoms with van der Waals surface area (Å²) in [5, 5.41) is 0. The van der Waals surface area contributed by atoms with E-state index in [0.717, 1.165) is 57.8 Å². The van der Waals surface area contributed by atoms with Gasteiger partial charge in [0.2, 0.25) is 0 Å². The van der Waals surface area contributed by atoms with Gasteiger partial charge in [-0.1, -0.05) is 224 Å². The summed E-state index contributed by atoms with van der Waals surface area (Å²) in [4.78, 5) is 25.4. The maximum Gasteiger partial charge on any atom is 0.306 e. The molecule has 0 fully saturated rings. The number of hydrogen-bond donors (Lipinski definition) is 0. The van der Waals surface area contributed by atoms with E-state index in [9.17, 15) is 9.59 Å². The molecule has 1 atom stereocenters. The van der Waals surface area contributed by atoms with Crippen LogP contribution >= 0.6 is 0 Å². The fourth-order valence-corrected chi connectivity index (χ4v) is 7.65. The first-order valence-corrected chi connectivity index (χ1v) is 26.5. The lowest BCUT2D eigenvalue weighted by Gasteiger charge is -2.18. The number of unbranched alkanes of at least 4 members (excludes halogenated alkanes) is 32. The molecule has 0 aromatic heterocycles. The highest BCUT2D eigenvalue weighted by Gasteiger charge is 2.17. The lowest BCUT2D eigenvalue weighted by molar-refractivity contribution is -0.163. The van der Waals surface area contributed by atoms with Crippen LogP contribution in [-0.4, -0.2) is 37.9 Å². The summed E-state index contributed by atoms with van der Waals surface area (Å²) in [5.74, 6) is -0.402. The predicted molar refractivity (Wildman–Crippen MR) is 261 cm³/mol. The fraction of sp³-hybridized carbons (Fsp3) is 0.855. The van der Waals surface area contributed by atoms with Crippen LogP contribution in [0.2, 0.25) is 0 Å². The van der Waals surface area contributed by atoms with Gasteiger partial charge in [-0.25, -0.2) is 0 Å². The van der Waals surface area contributed by atoms with Gasteiger partial charge in [-0.2, -0.15) is 0 Å². The number of rotatable bonds is 49. The molecule has 0 rings (SSSR count). The molecule has 5 nitrogen and oxygen atoms in total. The summed E-state index contributed by atoms with van der Waals surface area (Å²) in [6.45, 7) is 7.80. The number of hydrogen-bond acceptors (Lipinski definition) is 5. The largest absolute Gasteiger partial charge is 0.462 e. The maximum atomic E-state index is 12.8. The van der Waals surface area contributed by atoms with Crippen LogP contribution in [0.1, 0.15) is 278 Å². The normalized spacial score (nSPS) is 12.4. The average molecular weight is 843 g/mol. The molecule has 5 heteroatoms. The van der Waals surface area contributed by atoms with Crippen LogP contribution < -0.4 is 0 Å². The van der Waals surface area contributed by atoms with Gasteiger partial charge in [-0.15, -0.1) is 0 Å². The van der Waals surface area contributed by atoms with E-state index in [1.807, 2.05) is 0 Å². The molecular weight excluding hydrogens is 741 g/mol. The molecule has 60 heavy (non-hydrogen) atoms. The minimum absolute atomic E-state index is 0.0802. The number of carbonyl (C=O) groups is 2. The van der Waals surface area contributed by atoms with Gasteiger partial charge in [-0.05, 0) is 77.0 Å². The third-order valence-electron chi connectivity index (χ3n) is 11.6. The van der Waals surface area contributed by atoms with Crippen molar-refractivity contribution >= 4 is 11.9 Å². The van der Waals surface area contributed by atoms with E-state index >= 15 is 0 Å². The van der Waals surface area contributed by atoms with Gasteiger partial charge < -0.3 is 14.2 Å². The Morgan fingerprint density at radius 2 is 0.700 bits per heavy atom. The number of allylic oxidation sites excluding steroid dienone is 6. The highest BCUT2D eigenvalue weighted by Crippen LogP contribution is 2.15. The number of carbonyl (C=O) groups excluding carboxylic acids is 2. The summed E-state index contributed by atoms with van der Waals surface area (Å²) >= 11 is 0. The second-order valence-electron chi connectivity index (χ2n) is 17.8. The predicted octanol–water partition coefficient (Wildman–Crippen LogP) is 17.8. The highest BCUT2D eigenvalue weighted by molar-refractivity contribution is 5.70. The van der Waals surface area contributed by atoms with Crippen LogP contribution in [0.15, 0.2) is 36.5 Å². The van der Waals surface area contributed by atoms with Gasteiger partial charge in [0, 0.05) is 19.4 Å². The molecule has 0 amide bonds. The summed E-state index contributed by atoms with van der Waals surface area (Å²) in [5.41, 5.74) is 0. The van der Waals surface area contributed by atoms with Crippen LogP contribution in [0.3, 0.4) is 0 Å². The maximum absolute atomic E-state index is 12.8. The van der Waals surface area contributed by atoms with Crippen molar-refractivity contribution in [2.75, 3.05) is 19.8 Å². The average Bonchev–Trinajstić information content (AvgIpc) is 3.25. The Morgan fingerprint density at radius 1 is 0.367 bits per heavy atom. The standard InChI is InChI=1S/C55H102O5/c1-4-7-10-13-16-19-22-25-28-30-33-36-39-42-45-48-54(56)59-52-53(51-58-50-47-44-41-38-35-32-27-24-21-18-15-12-9-6-3)60-55(57)49-46-43-40-37-34-31-29-26-23-20-17-14-11-8-5-2/h16,19,21,24-25,28,53H,4-15,17-18,20,22-23,26-27,29-52H2,1-3H3/b19-16-,24-21-,28-25-. The van der Waals surface area contributed by atoms with Gasteiger partial charge >= 0.3 is 11.9 Å². The van der Waals surface area contributed by atoms with Crippen molar-refractivity contribution in [1.29, 1.82) is 0 Å². The quantitative estimate of drug-likeness (QED) is 0.0347. The van der Waals surface area contributed by atoms with Crippen molar-refractivity contribution in [1.82, 2.24) is 0 Å². The summed E-state index contributed by atoms with van der Waals surface area (Å²) < 4.78 is 17.4. The van der Waals surface area contributed by atoms with Crippen LogP contribution in [-0.2, 0) is 23.8 Å². The molecule has 0 aliphatic carbocycles. The Kier molecular flexibility index (Phi) is 49.9. The SMILES string of the molecule is CCCCC/C=C\C/C=C\CCCCCCCC(=O)OCC(COCCCCCCCC/C=C\CCCCCC)OC(=O)CCCCCCCCCCCCCCCCC. The monoisotopic (exact) mass is 843 g/mol. The Hall–Kier alpha value is -1.88. The van der Waals surface area contributed by atoms with Crippen LogP contribution in [0.25, 0.3) is 0 Å². The first-order chi connectivity index (χ1) is 29.6. The van der Waals surface area contributed by atoms with Crippen molar-refractivity contribution < 1.29 is 23.8 Å². The minimum atomic E-state index is -0.540. The smallest absolute Gasteiger partial charge is 0.306 e. The topological polar surface area (TPSA) is 61.8 Å². The lowest BCUT2D eigenvalue weighted by Crippen LogP contribution is -2.30. The molecule has 0 aliphatic rings.